The topological polar surface area (TPSA) is 17.0 Å². The smallest absolute Gasteiger partial charge is 0.216 e. The number of hydrogen-bond donors (Lipinski definition) is 0. The fourth-order valence-corrected chi connectivity index (χ4v) is 6.44. The molecule has 1 aliphatic rings. The van der Waals surface area contributed by atoms with Gasteiger partial charge in [-0.3, -0.25) is 0 Å². The summed E-state index contributed by atoms with van der Waals surface area (Å²) in [6, 6.07) is 25.5. The lowest BCUT2D eigenvalue weighted by Gasteiger charge is -2.29. The van der Waals surface area contributed by atoms with E-state index in [9.17, 15) is 1.37 Å². The quantitative estimate of drug-likeness (QED) is 0.195. The molecule has 1 saturated carbocycles. The van der Waals surface area contributed by atoms with Gasteiger partial charge in [0.05, 0.1) is 11.1 Å². The Morgan fingerprint density at radius 2 is 1.36 bits per heavy atom. The number of hydrogen-bond acceptors (Lipinski definition) is 1. The molecule has 0 radical (unpaired) electrons. The van der Waals surface area contributed by atoms with Gasteiger partial charge in [0.1, 0.15) is 24.0 Å². The second-order valence-electron chi connectivity index (χ2n) is 11.3. The van der Waals surface area contributed by atoms with Gasteiger partial charge in [0, 0.05) is 33.4 Å². The highest BCUT2D eigenvalue weighted by Gasteiger charge is 2.25. The molecular weight excluding hydrogens is 517 g/mol. The molecular formula is C39H37FNO+. The number of halogens is 1. The fraction of sp³-hybridized carbons (Fsp3) is 0.256. The first-order valence-corrected chi connectivity index (χ1v) is 14.4. The highest BCUT2D eigenvalue weighted by Crippen LogP contribution is 2.43. The van der Waals surface area contributed by atoms with Gasteiger partial charge in [0.25, 0.3) is 0 Å². The highest BCUT2D eigenvalue weighted by atomic mass is 19.1. The molecule has 1 fully saturated rings. The van der Waals surface area contributed by atoms with E-state index in [4.69, 9.17) is 14.0 Å². The van der Waals surface area contributed by atoms with Gasteiger partial charge in [-0.25, -0.2) is 8.96 Å². The Bertz CT molecular complexity index is 2250. The number of rotatable bonds is 4. The molecule has 7 rings (SSSR count). The molecule has 2 nitrogen and oxygen atoms in total. The molecule has 0 aliphatic heterocycles. The van der Waals surface area contributed by atoms with Gasteiger partial charge >= 0.3 is 0 Å². The van der Waals surface area contributed by atoms with Crippen LogP contribution in [0.4, 0.5) is 4.39 Å². The largest absolute Gasteiger partial charge is 0.454 e. The van der Waals surface area contributed by atoms with Crippen LogP contribution >= 0.6 is 0 Å². The zero-order valence-corrected chi connectivity index (χ0v) is 23.7. The Morgan fingerprint density at radius 1 is 0.738 bits per heavy atom. The Hall–Kier alpha value is -4.24. The van der Waals surface area contributed by atoms with Crippen LogP contribution in [0.15, 0.2) is 95.5 Å². The second-order valence-corrected chi connectivity index (χ2v) is 11.3. The van der Waals surface area contributed by atoms with E-state index in [-0.39, 0.29) is 16.7 Å². The fourth-order valence-electron chi connectivity index (χ4n) is 6.44. The van der Waals surface area contributed by atoms with Crippen LogP contribution in [0, 0.1) is 26.4 Å². The minimum Gasteiger partial charge on any atom is -0.454 e. The third kappa shape index (κ3) is 4.52. The number of benzene rings is 4. The first kappa shape index (κ1) is 19.0. The van der Waals surface area contributed by atoms with E-state index in [0.29, 0.717) is 64.4 Å². The van der Waals surface area contributed by atoms with E-state index in [1.807, 2.05) is 73.7 Å². The van der Waals surface area contributed by atoms with E-state index in [1.54, 1.807) is 17.7 Å². The lowest BCUT2D eigenvalue weighted by atomic mass is 9.76. The standard InChI is InChI=1S/C39H37FNO/c1-24-10-19-32-33-20-21-34(40)37(39(33)42-38(32)36(24)35-22-25(2)26(3)23-41(35)4)31-17-15-30(16-18-31)29-13-11-28(12-14-29)27-8-6-5-7-9-27/h5-10,15-23,28-29H,11-14H2,1-4H3/q+1/i2D3,3D3,28D,29D. The SMILES string of the molecule is [2H]C([2H])([2H])c1cc(-c2c(C)ccc3c2oc2c(-c4ccc(C5([2H])CCC([2H])(c6ccccc6)CC5)cc4)c(F)ccc23)[n+](C)cc1C([2H])([2H])[2H]. The average molecular weight is 563 g/mol. The van der Waals surface area contributed by atoms with Crippen molar-refractivity contribution in [2.45, 2.75) is 58.1 Å². The van der Waals surface area contributed by atoms with Crippen LogP contribution in [-0.4, -0.2) is 0 Å². The Labute approximate surface area is 258 Å². The van der Waals surface area contributed by atoms with Gasteiger partial charge in [0.15, 0.2) is 6.20 Å². The first-order valence-electron chi connectivity index (χ1n) is 18.4. The summed E-state index contributed by atoms with van der Waals surface area (Å²) >= 11 is 0. The molecule has 0 N–H and O–H groups in total. The third-order valence-electron chi connectivity index (χ3n) is 8.72. The molecule has 0 amide bonds. The average Bonchev–Trinajstić information content (AvgIpc) is 3.44. The van der Waals surface area contributed by atoms with Crippen molar-refractivity contribution in [2.24, 2.45) is 7.05 Å². The van der Waals surface area contributed by atoms with Crippen molar-refractivity contribution in [2.75, 3.05) is 0 Å². The summed E-state index contributed by atoms with van der Waals surface area (Å²) < 4.78 is 90.5. The van der Waals surface area contributed by atoms with Crippen LogP contribution in [0.2, 0.25) is 0 Å². The Morgan fingerprint density at radius 3 is 2.02 bits per heavy atom. The van der Waals surface area contributed by atoms with Crippen molar-refractivity contribution in [3.05, 3.63) is 125 Å². The maximum Gasteiger partial charge on any atom is 0.216 e. The van der Waals surface area contributed by atoms with Crippen molar-refractivity contribution in [1.82, 2.24) is 0 Å². The van der Waals surface area contributed by atoms with Crippen LogP contribution in [0.25, 0.3) is 44.3 Å². The third-order valence-corrected chi connectivity index (χ3v) is 8.72. The Balaban J connectivity index is 1.30. The summed E-state index contributed by atoms with van der Waals surface area (Å²) in [4.78, 5) is 0. The molecule has 42 heavy (non-hydrogen) atoms. The molecule has 2 heterocycles. The van der Waals surface area contributed by atoms with Crippen molar-refractivity contribution >= 4 is 21.9 Å². The summed E-state index contributed by atoms with van der Waals surface area (Å²) in [5.41, 5.74) is 4.73. The summed E-state index contributed by atoms with van der Waals surface area (Å²) in [7, 11) is 1.67. The van der Waals surface area contributed by atoms with E-state index in [0.717, 1.165) is 16.7 Å². The van der Waals surface area contributed by atoms with Gasteiger partial charge in [-0.05, 0) is 98.0 Å². The molecule has 6 aromatic rings. The van der Waals surface area contributed by atoms with Crippen LogP contribution < -0.4 is 4.57 Å². The van der Waals surface area contributed by atoms with Gasteiger partial charge in [0.2, 0.25) is 5.69 Å². The number of furan rings is 1. The summed E-state index contributed by atoms with van der Waals surface area (Å²) in [6.45, 7) is -3.44. The van der Waals surface area contributed by atoms with Crippen molar-refractivity contribution in [3.63, 3.8) is 0 Å². The second kappa shape index (κ2) is 10.5. The molecule has 0 saturated heterocycles. The van der Waals surface area contributed by atoms with Crippen LogP contribution in [0.5, 0.6) is 0 Å². The van der Waals surface area contributed by atoms with Crippen molar-refractivity contribution < 1.29 is 24.3 Å². The van der Waals surface area contributed by atoms with E-state index >= 15 is 4.39 Å². The van der Waals surface area contributed by atoms with Crippen LogP contribution in [0.1, 0.15) is 76.3 Å². The predicted octanol–water partition coefficient (Wildman–Crippen LogP) is 10.3. The van der Waals surface area contributed by atoms with Gasteiger partial charge < -0.3 is 4.42 Å². The monoisotopic (exact) mass is 562 g/mol. The number of fused-ring (bicyclic) bond motifs is 3. The normalized spacial score (nSPS) is 24.2. The molecule has 4 aromatic carbocycles. The maximum absolute atomic E-state index is 15.8. The van der Waals surface area contributed by atoms with Crippen molar-refractivity contribution in [3.8, 4) is 22.4 Å². The number of aryl methyl sites for hydroxylation is 4. The number of pyridine rings is 1. The van der Waals surface area contributed by atoms with Crippen molar-refractivity contribution in [1.29, 1.82) is 0 Å². The molecule has 0 atom stereocenters. The minimum absolute atomic E-state index is 0.246. The first-order chi connectivity index (χ1) is 23.5. The lowest BCUT2D eigenvalue weighted by Crippen LogP contribution is -2.31. The summed E-state index contributed by atoms with van der Waals surface area (Å²) in [5, 5.41) is 1.38. The highest BCUT2D eigenvalue weighted by molar-refractivity contribution is 6.13. The number of nitrogens with zero attached hydrogens (tertiary/aromatic N) is 1. The Kier molecular flexibility index (Phi) is 4.78. The van der Waals surface area contributed by atoms with Crippen LogP contribution in [0.3, 0.4) is 0 Å². The summed E-state index contributed by atoms with van der Waals surface area (Å²) in [5.74, 6) is -2.04. The molecule has 0 unspecified atom stereocenters. The molecule has 1 aliphatic carbocycles. The predicted molar refractivity (Wildman–Crippen MR) is 170 cm³/mol. The van der Waals surface area contributed by atoms with E-state index in [1.165, 1.54) is 18.3 Å². The molecule has 210 valence electrons. The zero-order valence-electron chi connectivity index (χ0n) is 31.7. The van der Waals surface area contributed by atoms with Gasteiger partial charge in [-0.1, -0.05) is 66.7 Å². The van der Waals surface area contributed by atoms with Crippen LogP contribution in [-0.2, 0) is 7.05 Å². The molecule has 2 aromatic heterocycles. The van der Waals surface area contributed by atoms with E-state index in [2.05, 4.69) is 0 Å². The minimum atomic E-state index is -2.67. The maximum atomic E-state index is 15.8. The van der Waals surface area contributed by atoms with Gasteiger partial charge in [-0.2, -0.15) is 0 Å². The molecule has 3 heteroatoms. The zero-order chi connectivity index (χ0) is 35.8. The molecule has 0 bridgehead atoms. The number of aromatic nitrogens is 1. The lowest BCUT2D eigenvalue weighted by molar-refractivity contribution is -0.660. The van der Waals surface area contributed by atoms with E-state index < -0.39 is 31.3 Å². The van der Waals surface area contributed by atoms with Gasteiger partial charge in [-0.15, -0.1) is 0 Å². The molecule has 0 spiro atoms. The summed E-state index contributed by atoms with van der Waals surface area (Å²) in [6.07, 6.45) is 3.56.